The van der Waals surface area contributed by atoms with Gasteiger partial charge in [0, 0.05) is 24.2 Å². The predicted octanol–water partition coefficient (Wildman–Crippen LogP) is 8.01. The number of aldehydes is 1. The van der Waals surface area contributed by atoms with Crippen molar-refractivity contribution in [2.75, 3.05) is 18.4 Å². The van der Waals surface area contributed by atoms with Gasteiger partial charge in [0.1, 0.15) is 6.29 Å². The topological polar surface area (TPSA) is 182 Å². The van der Waals surface area contributed by atoms with E-state index >= 15 is 0 Å². The molecule has 2 atom stereocenters. The Labute approximate surface area is 389 Å². The SMILES string of the molecule is CN(Cc1ccc(/C=C/c2ccccc2C(=O)N[C@H](C=O)Cc2ccccc2)cc1)Cc1cccc(C[C@@H](CO)NC(=O)c2cc(NS(=O)(=O)c3ccc4ccccc4c3)cc(C(=O)O)c2)c1. The van der Waals surface area contributed by atoms with E-state index in [4.69, 9.17) is 0 Å². The first-order valence-corrected chi connectivity index (χ1v) is 23.1. The zero-order valence-electron chi connectivity index (χ0n) is 36.7. The summed E-state index contributed by atoms with van der Waals surface area (Å²) in [6.45, 7) is 0.865. The molecule has 13 heteroatoms. The van der Waals surface area contributed by atoms with Gasteiger partial charge in [-0.15, -0.1) is 0 Å². The van der Waals surface area contributed by atoms with Gasteiger partial charge in [-0.1, -0.05) is 140 Å². The van der Waals surface area contributed by atoms with Crippen molar-refractivity contribution in [3.05, 3.63) is 214 Å². The standard InChI is InChI=1S/C54H50N4O8S/c1-58(33-39-20-18-37(19-21-39)22-23-43-15-7-8-17-51(43)53(62)56-48(35-59)27-38-10-3-2-4-11-38)34-41-13-9-12-40(26-41)28-49(36-60)55-52(61)45-29-46(54(63)64)31-47(30-45)57-67(65,66)50-25-24-42-14-5-6-16-44(42)32-50/h2-26,29-32,35,48-49,57,60H,27-28,33-34,36H2,1H3,(H,55,61)(H,56,62)(H,63,64)/b23-22+/t48-,49-/m0/s1. The molecule has 67 heavy (non-hydrogen) atoms. The second-order valence-corrected chi connectivity index (χ2v) is 18.0. The molecule has 7 rings (SSSR count). The van der Waals surface area contributed by atoms with E-state index in [2.05, 4.69) is 20.3 Å². The number of amides is 2. The molecule has 12 nitrogen and oxygen atoms in total. The largest absolute Gasteiger partial charge is 0.478 e. The van der Waals surface area contributed by atoms with E-state index < -0.39 is 40.6 Å². The van der Waals surface area contributed by atoms with Gasteiger partial charge in [0.15, 0.2) is 0 Å². The number of fused-ring (bicyclic) bond motifs is 1. The van der Waals surface area contributed by atoms with Crippen molar-refractivity contribution in [1.82, 2.24) is 15.5 Å². The summed E-state index contributed by atoms with van der Waals surface area (Å²) in [5.74, 6) is -2.35. The molecule has 340 valence electrons. The molecule has 7 aromatic carbocycles. The molecule has 0 spiro atoms. The number of hydrogen-bond acceptors (Lipinski definition) is 8. The fraction of sp³-hybridized carbons (Fsp3) is 0.148. The minimum atomic E-state index is -4.15. The zero-order chi connectivity index (χ0) is 47.3. The second-order valence-electron chi connectivity index (χ2n) is 16.3. The molecule has 7 aromatic rings. The Morgan fingerprint density at radius 3 is 2.04 bits per heavy atom. The highest BCUT2D eigenvalue weighted by Crippen LogP contribution is 2.24. The van der Waals surface area contributed by atoms with Crippen LogP contribution in [0, 0.1) is 0 Å². The molecular formula is C54H50N4O8S. The average Bonchev–Trinajstić information content (AvgIpc) is 3.33. The minimum absolute atomic E-state index is 0.0274. The van der Waals surface area contributed by atoms with Gasteiger partial charge in [-0.25, -0.2) is 13.2 Å². The molecule has 0 aliphatic heterocycles. The molecule has 0 saturated carbocycles. The lowest BCUT2D eigenvalue weighted by Crippen LogP contribution is -2.39. The quantitative estimate of drug-likeness (QED) is 0.0374. The van der Waals surface area contributed by atoms with Crippen molar-refractivity contribution >= 4 is 62.7 Å². The van der Waals surface area contributed by atoms with Crippen LogP contribution in [0.1, 0.15) is 64.5 Å². The van der Waals surface area contributed by atoms with Crippen LogP contribution < -0.4 is 15.4 Å². The molecular weight excluding hydrogens is 865 g/mol. The van der Waals surface area contributed by atoms with E-state index in [-0.39, 0.29) is 34.0 Å². The third kappa shape index (κ3) is 13.0. The number of nitrogens with one attached hydrogen (secondary N) is 3. The molecule has 5 N–H and O–H groups in total. The first-order valence-electron chi connectivity index (χ1n) is 21.6. The maximum absolute atomic E-state index is 13.5. The summed E-state index contributed by atoms with van der Waals surface area (Å²) >= 11 is 0. The Morgan fingerprint density at radius 2 is 1.30 bits per heavy atom. The molecule has 2 amide bonds. The van der Waals surface area contributed by atoms with Crippen LogP contribution in [0.15, 0.2) is 169 Å². The van der Waals surface area contributed by atoms with Gasteiger partial charge in [-0.05, 0) is 100 Å². The monoisotopic (exact) mass is 914 g/mol. The number of carbonyl (C=O) groups excluding carboxylic acids is 3. The number of rotatable bonds is 20. The van der Waals surface area contributed by atoms with Crippen LogP contribution in [0.5, 0.6) is 0 Å². The molecule has 0 saturated heterocycles. The summed E-state index contributed by atoms with van der Waals surface area (Å²) in [5, 5.41) is 27.3. The third-order valence-corrected chi connectivity index (χ3v) is 12.5. The van der Waals surface area contributed by atoms with E-state index in [1.807, 2.05) is 122 Å². The van der Waals surface area contributed by atoms with Crippen molar-refractivity contribution in [3.8, 4) is 0 Å². The number of aliphatic hydroxyl groups is 1. The molecule has 0 fully saturated rings. The average molecular weight is 915 g/mol. The number of aromatic carboxylic acids is 1. The van der Waals surface area contributed by atoms with Crippen LogP contribution in [0.3, 0.4) is 0 Å². The molecule has 0 aromatic heterocycles. The highest BCUT2D eigenvalue weighted by molar-refractivity contribution is 7.92. The molecule has 0 aliphatic rings. The number of aliphatic hydroxyl groups excluding tert-OH is 1. The number of carboxylic acid groups (broad SMARTS) is 1. The van der Waals surface area contributed by atoms with Crippen LogP contribution in [-0.2, 0) is 40.7 Å². The number of nitrogens with zero attached hydrogens (tertiary/aromatic N) is 1. The van der Waals surface area contributed by atoms with Crippen molar-refractivity contribution in [2.24, 2.45) is 0 Å². The first-order chi connectivity index (χ1) is 32.3. The smallest absolute Gasteiger partial charge is 0.335 e. The molecule has 0 bridgehead atoms. The number of anilines is 1. The minimum Gasteiger partial charge on any atom is -0.478 e. The fourth-order valence-electron chi connectivity index (χ4n) is 7.76. The summed E-state index contributed by atoms with van der Waals surface area (Å²) < 4.78 is 29.2. The Balaban J connectivity index is 0.935. The fourth-order valence-corrected chi connectivity index (χ4v) is 8.83. The number of sulfonamides is 1. The van der Waals surface area contributed by atoms with Crippen molar-refractivity contribution in [2.45, 2.75) is 42.9 Å². The maximum atomic E-state index is 13.5. The van der Waals surface area contributed by atoms with Gasteiger partial charge >= 0.3 is 5.97 Å². The summed E-state index contributed by atoms with van der Waals surface area (Å²) in [6, 6.07) is 46.8. The highest BCUT2D eigenvalue weighted by atomic mass is 32.2. The zero-order valence-corrected chi connectivity index (χ0v) is 37.5. The molecule has 0 unspecified atom stereocenters. The molecule has 0 radical (unpaired) electrons. The molecule has 0 heterocycles. The highest BCUT2D eigenvalue weighted by Gasteiger charge is 2.21. The predicted molar refractivity (Wildman–Crippen MR) is 261 cm³/mol. The summed E-state index contributed by atoms with van der Waals surface area (Å²) in [5.41, 5.74) is 5.58. The summed E-state index contributed by atoms with van der Waals surface area (Å²) in [4.78, 5) is 52.7. The summed E-state index contributed by atoms with van der Waals surface area (Å²) in [6.07, 6.45) is 5.26. The van der Waals surface area contributed by atoms with E-state index in [9.17, 15) is 37.8 Å². The van der Waals surface area contributed by atoms with Crippen LogP contribution in [0.4, 0.5) is 5.69 Å². The van der Waals surface area contributed by atoms with Crippen molar-refractivity contribution in [3.63, 3.8) is 0 Å². The van der Waals surface area contributed by atoms with Gasteiger partial charge in [-0.3, -0.25) is 19.2 Å². The van der Waals surface area contributed by atoms with E-state index in [1.54, 1.807) is 30.3 Å². The van der Waals surface area contributed by atoms with Crippen LogP contribution in [0.2, 0.25) is 0 Å². The van der Waals surface area contributed by atoms with E-state index in [1.165, 1.54) is 18.2 Å². The normalized spacial score (nSPS) is 12.4. The molecule has 0 aliphatic carbocycles. The Hall–Kier alpha value is -7.71. The maximum Gasteiger partial charge on any atom is 0.335 e. The number of carbonyl (C=O) groups is 4. The van der Waals surface area contributed by atoms with Crippen LogP contribution in [0.25, 0.3) is 22.9 Å². The first kappa shape index (κ1) is 47.3. The van der Waals surface area contributed by atoms with Crippen LogP contribution in [-0.4, -0.2) is 73.3 Å². The van der Waals surface area contributed by atoms with E-state index in [0.29, 0.717) is 30.5 Å². The van der Waals surface area contributed by atoms with Crippen molar-refractivity contribution in [1.29, 1.82) is 0 Å². The third-order valence-electron chi connectivity index (χ3n) is 11.1. The number of benzene rings is 7. The Morgan fingerprint density at radius 1 is 0.627 bits per heavy atom. The van der Waals surface area contributed by atoms with Gasteiger partial charge in [0.25, 0.3) is 21.8 Å². The van der Waals surface area contributed by atoms with E-state index in [0.717, 1.165) is 57.2 Å². The Bertz CT molecular complexity index is 3030. The van der Waals surface area contributed by atoms with Crippen molar-refractivity contribution < 1.29 is 37.8 Å². The lowest BCUT2D eigenvalue weighted by Gasteiger charge is -2.19. The lowest BCUT2D eigenvalue weighted by atomic mass is 10.0. The van der Waals surface area contributed by atoms with Gasteiger partial charge in [0.2, 0.25) is 0 Å². The van der Waals surface area contributed by atoms with Gasteiger partial charge < -0.3 is 25.6 Å². The summed E-state index contributed by atoms with van der Waals surface area (Å²) in [7, 11) is -2.14. The Kier molecular flexibility index (Phi) is 15.5. The van der Waals surface area contributed by atoms with Gasteiger partial charge in [-0.2, -0.15) is 0 Å². The second kappa shape index (κ2) is 22.0. The number of hydrogen-bond donors (Lipinski definition) is 5. The number of carboxylic acids is 1. The van der Waals surface area contributed by atoms with Crippen LogP contribution >= 0.6 is 0 Å². The lowest BCUT2D eigenvalue weighted by molar-refractivity contribution is -0.109. The van der Waals surface area contributed by atoms with Gasteiger partial charge in [0.05, 0.1) is 34.8 Å².